The van der Waals surface area contributed by atoms with E-state index in [9.17, 15) is 14.0 Å². The van der Waals surface area contributed by atoms with Crippen molar-refractivity contribution < 1.29 is 14.0 Å². The summed E-state index contributed by atoms with van der Waals surface area (Å²) in [5.74, 6) is 0.673. The lowest BCUT2D eigenvalue weighted by atomic mass is 9.80. The van der Waals surface area contributed by atoms with E-state index in [-0.39, 0.29) is 29.5 Å². The average molecular weight is 346 g/mol. The Morgan fingerprint density at radius 1 is 0.960 bits per heavy atom. The Labute approximate surface area is 148 Å². The summed E-state index contributed by atoms with van der Waals surface area (Å²) < 4.78 is 12.9. The Morgan fingerprint density at radius 3 is 2.12 bits per heavy atom. The first-order valence-electron chi connectivity index (χ1n) is 9.38. The van der Waals surface area contributed by atoms with Crippen LogP contribution in [0.5, 0.6) is 0 Å². The smallest absolute Gasteiger partial charge is 0.227 e. The first-order chi connectivity index (χ1) is 12.0. The predicted octanol–water partition coefficient (Wildman–Crippen LogP) is 3.83. The summed E-state index contributed by atoms with van der Waals surface area (Å²) in [6.45, 7) is 4.00. The molecular formula is C20H27FN2O2. The molecule has 0 aromatic heterocycles. The van der Waals surface area contributed by atoms with Gasteiger partial charge in [-0.15, -0.1) is 0 Å². The highest BCUT2D eigenvalue weighted by molar-refractivity contribution is 5.92. The fraction of sp³-hybridized carbons (Fsp3) is 0.600. The number of hydrogen-bond donors (Lipinski definition) is 1. The Morgan fingerprint density at radius 2 is 1.52 bits per heavy atom. The van der Waals surface area contributed by atoms with Crippen molar-refractivity contribution >= 4 is 17.5 Å². The lowest BCUT2D eigenvalue weighted by Crippen LogP contribution is -2.42. The topological polar surface area (TPSA) is 49.4 Å². The maximum absolute atomic E-state index is 12.9. The van der Waals surface area contributed by atoms with Crippen molar-refractivity contribution in [2.24, 2.45) is 17.8 Å². The molecule has 5 heteroatoms. The van der Waals surface area contributed by atoms with Crippen LogP contribution in [0.4, 0.5) is 10.1 Å². The van der Waals surface area contributed by atoms with Crippen molar-refractivity contribution in [1.29, 1.82) is 0 Å². The zero-order valence-electron chi connectivity index (χ0n) is 14.8. The van der Waals surface area contributed by atoms with Crippen molar-refractivity contribution in [3.8, 4) is 0 Å². The number of carbonyl (C=O) groups is 2. The van der Waals surface area contributed by atoms with Gasteiger partial charge in [-0.25, -0.2) is 4.39 Å². The van der Waals surface area contributed by atoms with Crippen molar-refractivity contribution in [2.45, 2.75) is 45.4 Å². The van der Waals surface area contributed by atoms with E-state index in [1.54, 1.807) is 12.1 Å². The normalized spacial score (nSPS) is 24.8. The minimum Gasteiger partial charge on any atom is -0.342 e. The van der Waals surface area contributed by atoms with Crippen LogP contribution in [0.25, 0.3) is 0 Å². The second-order valence-corrected chi connectivity index (χ2v) is 7.55. The molecule has 2 aliphatic rings. The predicted molar refractivity (Wildman–Crippen MR) is 95.5 cm³/mol. The largest absolute Gasteiger partial charge is 0.342 e. The maximum atomic E-state index is 12.9. The highest BCUT2D eigenvalue weighted by Crippen LogP contribution is 2.32. The Balaban J connectivity index is 1.47. The molecule has 1 N–H and O–H groups in total. The van der Waals surface area contributed by atoms with Crippen molar-refractivity contribution in [1.82, 2.24) is 4.90 Å². The zero-order valence-corrected chi connectivity index (χ0v) is 14.8. The number of hydrogen-bond acceptors (Lipinski definition) is 2. The van der Waals surface area contributed by atoms with Crippen LogP contribution >= 0.6 is 0 Å². The standard InChI is InChI=1S/C20H27FN2O2/c1-14-10-12-23(13-11-14)20(25)16-4-2-15(3-5-16)19(24)22-18-8-6-17(21)7-9-18/h6-9,14-16H,2-5,10-13H2,1H3,(H,22,24). The summed E-state index contributed by atoms with van der Waals surface area (Å²) in [7, 11) is 0. The quantitative estimate of drug-likeness (QED) is 0.904. The highest BCUT2D eigenvalue weighted by atomic mass is 19.1. The molecule has 1 saturated carbocycles. The summed E-state index contributed by atoms with van der Waals surface area (Å²) in [5.41, 5.74) is 0.618. The van der Waals surface area contributed by atoms with E-state index in [0.29, 0.717) is 5.69 Å². The molecule has 0 atom stereocenters. The molecule has 4 nitrogen and oxygen atoms in total. The van der Waals surface area contributed by atoms with E-state index in [2.05, 4.69) is 12.2 Å². The van der Waals surface area contributed by atoms with E-state index >= 15 is 0 Å². The molecule has 1 aromatic carbocycles. The fourth-order valence-corrected chi connectivity index (χ4v) is 3.87. The average Bonchev–Trinajstić information content (AvgIpc) is 2.64. The molecule has 0 spiro atoms. The summed E-state index contributed by atoms with van der Waals surface area (Å²) in [6.07, 6.45) is 5.25. The molecule has 1 aromatic rings. The second kappa shape index (κ2) is 7.98. The number of amides is 2. The van der Waals surface area contributed by atoms with E-state index < -0.39 is 0 Å². The first kappa shape index (κ1) is 17.9. The lowest BCUT2D eigenvalue weighted by Gasteiger charge is -2.35. The van der Waals surface area contributed by atoms with Gasteiger partial charge in [-0.3, -0.25) is 9.59 Å². The molecule has 1 aliphatic carbocycles. The molecule has 1 aliphatic heterocycles. The van der Waals surface area contributed by atoms with Crippen LogP contribution in [-0.2, 0) is 9.59 Å². The summed E-state index contributed by atoms with van der Waals surface area (Å²) in [6, 6.07) is 5.81. The van der Waals surface area contributed by atoms with Crippen LogP contribution in [0.15, 0.2) is 24.3 Å². The van der Waals surface area contributed by atoms with Gasteiger partial charge in [0.1, 0.15) is 5.82 Å². The molecule has 0 radical (unpaired) electrons. The molecule has 1 heterocycles. The highest BCUT2D eigenvalue weighted by Gasteiger charge is 2.33. The van der Waals surface area contributed by atoms with Gasteiger partial charge in [-0.1, -0.05) is 6.92 Å². The summed E-state index contributed by atoms with van der Waals surface area (Å²) >= 11 is 0. The van der Waals surface area contributed by atoms with Crippen LogP contribution in [-0.4, -0.2) is 29.8 Å². The number of halogens is 1. The summed E-state index contributed by atoms with van der Waals surface area (Å²) in [5, 5.41) is 2.85. The number of likely N-dealkylation sites (tertiary alicyclic amines) is 1. The number of nitrogens with zero attached hydrogens (tertiary/aromatic N) is 1. The Hall–Kier alpha value is -1.91. The molecule has 136 valence electrons. The maximum Gasteiger partial charge on any atom is 0.227 e. The van der Waals surface area contributed by atoms with Crippen LogP contribution in [0.2, 0.25) is 0 Å². The molecule has 1 saturated heterocycles. The third-order valence-electron chi connectivity index (χ3n) is 5.65. The van der Waals surface area contributed by atoms with Crippen molar-refractivity contribution in [2.75, 3.05) is 18.4 Å². The van der Waals surface area contributed by atoms with E-state index in [1.807, 2.05) is 4.90 Å². The molecular weight excluding hydrogens is 319 g/mol. The zero-order chi connectivity index (χ0) is 17.8. The molecule has 25 heavy (non-hydrogen) atoms. The van der Waals surface area contributed by atoms with Crippen LogP contribution < -0.4 is 5.32 Å². The molecule has 2 amide bonds. The van der Waals surface area contributed by atoms with Gasteiger partial charge in [0.05, 0.1) is 0 Å². The number of nitrogens with one attached hydrogen (secondary N) is 1. The molecule has 0 bridgehead atoms. The van der Waals surface area contributed by atoms with Gasteiger partial charge in [0.15, 0.2) is 0 Å². The number of benzene rings is 1. The third-order valence-corrected chi connectivity index (χ3v) is 5.65. The number of rotatable bonds is 3. The second-order valence-electron chi connectivity index (χ2n) is 7.55. The van der Waals surface area contributed by atoms with E-state index in [4.69, 9.17) is 0 Å². The minimum absolute atomic E-state index is 0.0238. The van der Waals surface area contributed by atoms with Gasteiger partial charge in [0, 0.05) is 30.6 Å². The minimum atomic E-state index is -0.316. The first-order valence-corrected chi connectivity index (χ1v) is 9.38. The summed E-state index contributed by atoms with van der Waals surface area (Å²) in [4.78, 5) is 27.0. The Kier molecular flexibility index (Phi) is 5.71. The SMILES string of the molecule is CC1CCN(C(=O)C2CCC(C(=O)Nc3ccc(F)cc3)CC2)CC1. The number of anilines is 1. The van der Waals surface area contributed by atoms with Gasteiger partial charge in [0.25, 0.3) is 0 Å². The lowest BCUT2D eigenvalue weighted by molar-refractivity contribution is -0.139. The van der Waals surface area contributed by atoms with Crippen LogP contribution in [0, 0.1) is 23.6 Å². The number of piperidine rings is 1. The van der Waals surface area contributed by atoms with Crippen LogP contribution in [0.1, 0.15) is 45.4 Å². The van der Waals surface area contributed by atoms with Crippen molar-refractivity contribution in [3.05, 3.63) is 30.1 Å². The van der Waals surface area contributed by atoms with Gasteiger partial charge in [-0.2, -0.15) is 0 Å². The van der Waals surface area contributed by atoms with Crippen LogP contribution in [0.3, 0.4) is 0 Å². The molecule has 3 rings (SSSR count). The fourth-order valence-electron chi connectivity index (χ4n) is 3.87. The Bertz CT molecular complexity index is 601. The third kappa shape index (κ3) is 4.59. The van der Waals surface area contributed by atoms with E-state index in [1.165, 1.54) is 12.1 Å². The number of carbonyl (C=O) groups excluding carboxylic acids is 2. The van der Waals surface area contributed by atoms with Gasteiger partial charge < -0.3 is 10.2 Å². The van der Waals surface area contributed by atoms with Gasteiger partial charge in [0.2, 0.25) is 11.8 Å². The van der Waals surface area contributed by atoms with E-state index in [0.717, 1.165) is 57.5 Å². The van der Waals surface area contributed by atoms with Gasteiger partial charge in [-0.05, 0) is 68.7 Å². The monoisotopic (exact) mass is 346 g/mol. The van der Waals surface area contributed by atoms with Gasteiger partial charge >= 0.3 is 0 Å². The van der Waals surface area contributed by atoms with Crippen molar-refractivity contribution in [3.63, 3.8) is 0 Å². The molecule has 0 unspecified atom stereocenters. The molecule has 2 fully saturated rings.